The van der Waals surface area contributed by atoms with Gasteiger partial charge in [0, 0.05) is 33.4 Å². The van der Waals surface area contributed by atoms with Crippen LogP contribution in [0.3, 0.4) is 0 Å². The maximum absolute atomic E-state index is 4.51. The first-order valence-corrected chi connectivity index (χ1v) is 8.60. The Balaban J connectivity index is 1.66. The van der Waals surface area contributed by atoms with Crippen LogP contribution in [0.2, 0.25) is 0 Å². The Morgan fingerprint density at radius 3 is 3.09 bits per heavy atom. The smallest absolute Gasteiger partial charge is 0.142 e. The molecule has 0 bridgehead atoms. The van der Waals surface area contributed by atoms with Crippen LogP contribution in [0, 0.1) is 0 Å². The van der Waals surface area contributed by atoms with Crippen LogP contribution in [-0.2, 0) is 6.42 Å². The molecular formula is C18H14N4S. The third-order valence-corrected chi connectivity index (χ3v) is 5.40. The predicted octanol–water partition coefficient (Wildman–Crippen LogP) is 4.50. The summed E-state index contributed by atoms with van der Waals surface area (Å²) in [4.78, 5) is 13.5. The number of aromatic nitrogens is 3. The molecule has 23 heavy (non-hydrogen) atoms. The number of rotatable bonds is 2. The van der Waals surface area contributed by atoms with Crippen LogP contribution in [0.1, 0.15) is 5.56 Å². The Hall–Kier alpha value is -2.53. The van der Waals surface area contributed by atoms with E-state index in [-0.39, 0.29) is 0 Å². The zero-order valence-electron chi connectivity index (χ0n) is 12.3. The first kappa shape index (κ1) is 13.0. The highest BCUT2D eigenvalue weighted by Gasteiger charge is 2.18. The zero-order chi connectivity index (χ0) is 15.2. The molecule has 0 saturated heterocycles. The lowest BCUT2D eigenvalue weighted by molar-refractivity contribution is 1.14. The van der Waals surface area contributed by atoms with Gasteiger partial charge in [-0.3, -0.25) is 0 Å². The number of hydrogen-bond acceptors (Lipinski definition) is 4. The van der Waals surface area contributed by atoms with E-state index in [1.54, 1.807) is 6.33 Å². The summed E-state index contributed by atoms with van der Waals surface area (Å²) in [5.41, 5.74) is 4.53. The molecule has 0 unspecified atom stereocenters. The van der Waals surface area contributed by atoms with Crippen molar-refractivity contribution >= 4 is 45.1 Å². The fourth-order valence-corrected chi connectivity index (χ4v) is 4.27. The van der Waals surface area contributed by atoms with E-state index in [4.69, 9.17) is 0 Å². The summed E-state index contributed by atoms with van der Waals surface area (Å²) in [7, 11) is 0. The standard InChI is InChI=1S/C18H14N4S/c1-2-12(9-15-11(1)5-7-19-15)22-18-17-13-6-8-23-16(13)4-3-14(17)20-10-21-18/h1-5,7,9-10,19H,6,8H2,(H,20,21,22). The maximum Gasteiger partial charge on any atom is 0.142 e. The van der Waals surface area contributed by atoms with Crippen molar-refractivity contribution in [2.45, 2.75) is 11.3 Å². The van der Waals surface area contributed by atoms with Gasteiger partial charge in [-0.2, -0.15) is 0 Å². The molecule has 1 aliphatic heterocycles. The molecule has 0 atom stereocenters. The fraction of sp³-hybridized carbons (Fsp3) is 0.111. The number of nitrogens with one attached hydrogen (secondary N) is 2. The Bertz CT molecular complexity index is 1040. The van der Waals surface area contributed by atoms with Gasteiger partial charge >= 0.3 is 0 Å². The first-order chi connectivity index (χ1) is 11.4. The average molecular weight is 318 g/mol. The molecule has 0 aliphatic carbocycles. The fourth-order valence-electron chi connectivity index (χ4n) is 3.21. The highest BCUT2D eigenvalue weighted by molar-refractivity contribution is 7.99. The normalized spacial score (nSPS) is 13.6. The first-order valence-electron chi connectivity index (χ1n) is 7.62. The summed E-state index contributed by atoms with van der Waals surface area (Å²) in [6.45, 7) is 0. The van der Waals surface area contributed by atoms with E-state index in [0.717, 1.165) is 40.1 Å². The molecule has 0 amide bonds. The van der Waals surface area contributed by atoms with Crippen molar-refractivity contribution in [2.24, 2.45) is 0 Å². The molecule has 1 aliphatic rings. The molecule has 0 spiro atoms. The van der Waals surface area contributed by atoms with Crippen LogP contribution in [0.25, 0.3) is 21.8 Å². The SMILES string of the molecule is c1nc(Nc2ccc3cc[nH]c3c2)c2c3c(ccc2n1)SCC3. The van der Waals surface area contributed by atoms with E-state index in [1.807, 2.05) is 18.0 Å². The molecule has 0 fully saturated rings. The molecule has 0 radical (unpaired) electrons. The van der Waals surface area contributed by atoms with E-state index in [1.165, 1.54) is 15.8 Å². The molecule has 2 aromatic heterocycles. The Kier molecular flexibility index (Phi) is 2.81. The maximum atomic E-state index is 4.51. The minimum atomic E-state index is 0.889. The molecule has 3 heterocycles. The lowest BCUT2D eigenvalue weighted by atomic mass is 10.1. The molecular weight excluding hydrogens is 304 g/mol. The number of thioether (sulfide) groups is 1. The highest BCUT2D eigenvalue weighted by Crippen LogP contribution is 2.38. The number of H-pyrrole nitrogens is 1. The van der Waals surface area contributed by atoms with Gasteiger partial charge in [-0.25, -0.2) is 9.97 Å². The molecule has 112 valence electrons. The lowest BCUT2D eigenvalue weighted by Gasteiger charge is -2.11. The van der Waals surface area contributed by atoms with E-state index >= 15 is 0 Å². The van der Waals surface area contributed by atoms with Crippen molar-refractivity contribution in [3.63, 3.8) is 0 Å². The summed E-state index contributed by atoms with van der Waals surface area (Å²) in [6.07, 6.45) is 4.67. The van der Waals surface area contributed by atoms with Gasteiger partial charge in [0.15, 0.2) is 0 Å². The van der Waals surface area contributed by atoms with E-state index in [2.05, 4.69) is 56.7 Å². The van der Waals surface area contributed by atoms with Gasteiger partial charge < -0.3 is 10.3 Å². The molecule has 4 nitrogen and oxygen atoms in total. The van der Waals surface area contributed by atoms with Crippen LogP contribution in [0.5, 0.6) is 0 Å². The summed E-state index contributed by atoms with van der Waals surface area (Å²) >= 11 is 1.91. The second-order valence-corrected chi connectivity index (χ2v) is 6.80. The summed E-state index contributed by atoms with van der Waals surface area (Å²) in [5.74, 6) is 2.03. The third kappa shape index (κ3) is 2.08. The molecule has 5 heteroatoms. The Labute approximate surface area is 137 Å². The van der Waals surface area contributed by atoms with Gasteiger partial charge in [-0.05, 0) is 47.7 Å². The molecule has 2 aromatic carbocycles. The number of nitrogens with zero attached hydrogens (tertiary/aromatic N) is 2. The van der Waals surface area contributed by atoms with Crippen molar-refractivity contribution in [3.05, 3.63) is 54.5 Å². The van der Waals surface area contributed by atoms with Crippen LogP contribution in [-0.4, -0.2) is 20.7 Å². The van der Waals surface area contributed by atoms with E-state index in [0.29, 0.717) is 0 Å². The van der Waals surface area contributed by atoms with Crippen molar-refractivity contribution in [1.29, 1.82) is 0 Å². The Morgan fingerprint density at radius 1 is 1.09 bits per heavy atom. The van der Waals surface area contributed by atoms with Crippen LogP contribution in [0.15, 0.2) is 53.8 Å². The number of aromatic amines is 1. The summed E-state index contributed by atoms with van der Waals surface area (Å²) in [6, 6.07) is 12.6. The van der Waals surface area contributed by atoms with E-state index in [9.17, 15) is 0 Å². The number of anilines is 2. The molecule has 4 aromatic rings. The van der Waals surface area contributed by atoms with Gasteiger partial charge in [0.1, 0.15) is 12.1 Å². The van der Waals surface area contributed by atoms with Crippen LogP contribution < -0.4 is 5.32 Å². The van der Waals surface area contributed by atoms with Crippen molar-refractivity contribution in [1.82, 2.24) is 15.0 Å². The number of hydrogen-bond donors (Lipinski definition) is 2. The number of fused-ring (bicyclic) bond motifs is 4. The van der Waals surface area contributed by atoms with E-state index < -0.39 is 0 Å². The topological polar surface area (TPSA) is 53.6 Å². The number of aryl methyl sites for hydroxylation is 1. The van der Waals surface area contributed by atoms with Gasteiger partial charge in [0.2, 0.25) is 0 Å². The lowest BCUT2D eigenvalue weighted by Crippen LogP contribution is -1.98. The average Bonchev–Trinajstić information content (AvgIpc) is 3.23. The van der Waals surface area contributed by atoms with Crippen molar-refractivity contribution in [3.8, 4) is 0 Å². The second kappa shape index (κ2) is 4.99. The van der Waals surface area contributed by atoms with Crippen molar-refractivity contribution in [2.75, 3.05) is 11.1 Å². The largest absolute Gasteiger partial charge is 0.361 e. The predicted molar refractivity (Wildman–Crippen MR) is 95.5 cm³/mol. The summed E-state index contributed by atoms with van der Waals surface area (Å²) < 4.78 is 0. The quantitative estimate of drug-likeness (QED) is 0.571. The minimum absolute atomic E-state index is 0.889. The molecule has 0 saturated carbocycles. The summed E-state index contributed by atoms with van der Waals surface area (Å²) in [5, 5.41) is 5.84. The third-order valence-electron chi connectivity index (χ3n) is 4.30. The van der Waals surface area contributed by atoms with Gasteiger partial charge in [0.25, 0.3) is 0 Å². The molecule has 5 rings (SSSR count). The van der Waals surface area contributed by atoms with Gasteiger partial charge in [-0.15, -0.1) is 11.8 Å². The van der Waals surface area contributed by atoms with Crippen LogP contribution >= 0.6 is 11.8 Å². The van der Waals surface area contributed by atoms with Crippen molar-refractivity contribution < 1.29 is 0 Å². The van der Waals surface area contributed by atoms with Gasteiger partial charge in [-0.1, -0.05) is 6.07 Å². The Morgan fingerprint density at radius 2 is 2.09 bits per heavy atom. The van der Waals surface area contributed by atoms with Gasteiger partial charge in [0.05, 0.1) is 5.52 Å². The monoisotopic (exact) mass is 318 g/mol. The second-order valence-electron chi connectivity index (χ2n) is 5.66. The van der Waals surface area contributed by atoms with Crippen LogP contribution in [0.4, 0.5) is 11.5 Å². The highest BCUT2D eigenvalue weighted by atomic mass is 32.2. The molecule has 2 N–H and O–H groups in total. The number of benzene rings is 2. The minimum Gasteiger partial charge on any atom is -0.361 e. The zero-order valence-corrected chi connectivity index (χ0v) is 13.2.